The van der Waals surface area contributed by atoms with Gasteiger partial charge in [0.25, 0.3) is 0 Å². The monoisotopic (exact) mass is 949 g/mol. The average molecular weight is 949 g/mol. The zero-order valence-electron chi connectivity index (χ0n) is 46.0. The molecular weight excluding hydrogens is 849 g/mol. The lowest BCUT2D eigenvalue weighted by Crippen LogP contribution is -2.37. The van der Waals surface area contributed by atoms with E-state index < -0.39 is 0 Å². The van der Waals surface area contributed by atoms with Crippen molar-refractivity contribution in [3.8, 4) is 0 Å². The Balaban J connectivity index is 0.000000413. The Labute approximate surface area is 423 Å². The Bertz CT molecular complexity index is 1840. The molecule has 0 aliphatic heterocycles. The number of hydrogen-bond donors (Lipinski definition) is 1. The summed E-state index contributed by atoms with van der Waals surface area (Å²) in [6, 6.07) is 0. The molecule has 4 atom stereocenters. The molecule has 69 heavy (non-hydrogen) atoms. The first-order chi connectivity index (χ1) is 32.9. The van der Waals surface area contributed by atoms with Crippen LogP contribution in [0, 0.1) is 39.9 Å². The molecule has 5 nitrogen and oxygen atoms in total. The maximum atomic E-state index is 12.6. The van der Waals surface area contributed by atoms with E-state index in [4.69, 9.17) is 14.6 Å². The van der Waals surface area contributed by atoms with Crippen LogP contribution in [-0.2, 0) is 19.1 Å². The molecule has 0 aromatic rings. The molecule has 386 valence electrons. The highest BCUT2D eigenvalue weighted by atomic mass is 16.5. The van der Waals surface area contributed by atoms with E-state index in [2.05, 4.69) is 97.9 Å². The number of aliphatic hydroxyl groups is 1. The highest BCUT2D eigenvalue weighted by molar-refractivity contribution is 5.73. The van der Waals surface area contributed by atoms with Crippen LogP contribution >= 0.6 is 0 Å². The average Bonchev–Trinajstić information content (AvgIpc) is 3.27. The normalized spacial score (nSPS) is 29.4. The fraction of sp³-hybridized carbons (Fsp3) is 0.688. The molecule has 0 amide bonds. The van der Waals surface area contributed by atoms with Gasteiger partial charge in [-0.3, -0.25) is 9.59 Å². The largest absolute Gasteiger partial charge is 0.466 e. The van der Waals surface area contributed by atoms with Crippen LogP contribution in [0.5, 0.6) is 0 Å². The lowest BCUT2D eigenvalue weighted by Gasteiger charge is -2.47. The topological polar surface area (TPSA) is 72.8 Å². The van der Waals surface area contributed by atoms with Crippen molar-refractivity contribution in [3.05, 3.63) is 105 Å². The zero-order chi connectivity index (χ0) is 50.5. The Morgan fingerprint density at radius 1 is 0.638 bits per heavy atom. The second-order valence-electron chi connectivity index (χ2n) is 23.7. The van der Waals surface area contributed by atoms with E-state index in [0.29, 0.717) is 42.3 Å². The minimum Gasteiger partial charge on any atom is -0.466 e. The van der Waals surface area contributed by atoms with Crippen LogP contribution < -0.4 is 0 Å². The van der Waals surface area contributed by atoms with Crippen molar-refractivity contribution in [2.75, 3.05) is 19.8 Å². The Kier molecular flexibility index (Phi) is 24.6. The number of hydrogen-bond acceptors (Lipinski definition) is 5. The molecule has 5 heteroatoms. The summed E-state index contributed by atoms with van der Waals surface area (Å²) in [7, 11) is 0. The van der Waals surface area contributed by atoms with E-state index in [9.17, 15) is 9.59 Å². The smallest absolute Gasteiger partial charge is 0.309 e. The molecule has 1 N–H and O–H groups in total. The summed E-state index contributed by atoms with van der Waals surface area (Å²) in [5.74, 6) is 2.91. The third-order valence-corrected chi connectivity index (χ3v) is 17.0. The van der Waals surface area contributed by atoms with Gasteiger partial charge >= 0.3 is 11.9 Å². The van der Waals surface area contributed by atoms with E-state index in [-0.39, 0.29) is 18.5 Å². The van der Waals surface area contributed by atoms with Crippen molar-refractivity contribution in [2.45, 2.75) is 224 Å². The Hall–Kier alpha value is -3.44. The van der Waals surface area contributed by atoms with Crippen LogP contribution in [0.4, 0.5) is 0 Å². The predicted molar refractivity (Wildman–Crippen MR) is 293 cm³/mol. The van der Waals surface area contributed by atoms with Crippen LogP contribution in [0.15, 0.2) is 105 Å². The molecule has 0 aromatic heterocycles. The number of carbonyl (C=O) groups excluding carboxylic acids is 2. The third kappa shape index (κ3) is 19.9. The Morgan fingerprint density at radius 3 is 1.61 bits per heavy atom. The molecule has 5 aliphatic carbocycles. The number of esters is 2. The maximum Gasteiger partial charge on any atom is 0.309 e. The predicted octanol–water partition coefficient (Wildman–Crippen LogP) is 17.7. The van der Waals surface area contributed by atoms with Gasteiger partial charge in [0.1, 0.15) is 0 Å². The molecule has 0 heterocycles. The van der Waals surface area contributed by atoms with E-state index in [1.807, 2.05) is 32.9 Å². The molecule has 2 fully saturated rings. The number of ether oxygens (including phenoxy) is 2. The minimum atomic E-state index is -0.151. The second-order valence-corrected chi connectivity index (χ2v) is 23.7. The van der Waals surface area contributed by atoms with Crippen molar-refractivity contribution >= 4 is 11.9 Å². The first-order valence-corrected chi connectivity index (χ1v) is 27.9. The molecule has 0 aromatic carbocycles. The van der Waals surface area contributed by atoms with Gasteiger partial charge in [0.05, 0.1) is 32.7 Å². The van der Waals surface area contributed by atoms with Crippen LogP contribution in [0.25, 0.3) is 0 Å². The number of aliphatic hydroxyl groups excluding tert-OH is 1. The van der Waals surface area contributed by atoms with Gasteiger partial charge in [0.15, 0.2) is 0 Å². The standard InChI is InChI=1S/C44H70O4.C20H30O/c1-7-47-41(45)31-35-15-9-13-33-19-20-34(14-10-16-36(22-21-35)32-42(46)48-8-2)24-28-40-38(18-12-30-44(40,5)6)26-25-37-17-11-29-43(3,4)39(37)27-23-33;1-16(8-6-9-17(2)13-15-21)11-12-19-18(3)10-7-14-20(19,4)5/h15-16,23-24,37-40H,7-14,17-22,25-32H2,1-6H3;6,8-9,11-13,21H,7,10,14-15H2,1-5H3/b33-23-,34-24-,35-15+,36-16+;9-6+,12-11+,16-8+,17-13+/t37-,38+,39+,40-;. The van der Waals surface area contributed by atoms with Gasteiger partial charge in [-0.1, -0.05) is 167 Å². The first-order valence-electron chi connectivity index (χ1n) is 27.9. The Morgan fingerprint density at radius 2 is 1.14 bits per heavy atom. The van der Waals surface area contributed by atoms with Crippen molar-refractivity contribution in [3.63, 3.8) is 0 Å². The third-order valence-electron chi connectivity index (χ3n) is 17.0. The van der Waals surface area contributed by atoms with Gasteiger partial charge in [-0.25, -0.2) is 0 Å². The molecule has 5 rings (SSSR count). The molecule has 0 saturated heterocycles. The SMILES string of the molecule is CC1=C(/C=C/C(C)=C/C=C/C(C)=C/CO)C(C)(C)CCC1.CCOC(=O)C/C1=C/CC/C2=C/C[C@@H]3[C@@H](CCCC3(C)C)CC[C@H]3CCCC(C)(C)[C@H]3C/C=C(/CC/C=C(/CC(=O)OCC)CC1)CC2. The number of allylic oxidation sites excluding steroid dienone is 15. The number of fused-ring (bicyclic) bond motifs is 5. The number of rotatable bonds is 11. The van der Waals surface area contributed by atoms with Crippen molar-refractivity contribution in [1.29, 1.82) is 0 Å². The summed E-state index contributed by atoms with van der Waals surface area (Å²) >= 11 is 0. The van der Waals surface area contributed by atoms with Crippen molar-refractivity contribution in [2.24, 2.45) is 39.9 Å². The minimum absolute atomic E-state index is 0.0985. The van der Waals surface area contributed by atoms with E-state index in [1.54, 1.807) is 17.2 Å². The van der Waals surface area contributed by atoms with E-state index in [1.165, 1.54) is 100 Å². The van der Waals surface area contributed by atoms with E-state index >= 15 is 0 Å². The van der Waals surface area contributed by atoms with Crippen molar-refractivity contribution in [1.82, 2.24) is 0 Å². The molecule has 2 saturated carbocycles. The van der Waals surface area contributed by atoms with Gasteiger partial charge in [0.2, 0.25) is 0 Å². The second kappa shape index (κ2) is 29.2. The van der Waals surface area contributed by atoms with Crippen LogP contribution in [-0.4, -0.2) is 36.9 Å². The van der Waals surface area contributed by atoms with Gasteiger partial charge in [-0.15, -0.1) is 0 Å². The first kappa shape index (κ1) is 58.1. The maximum absolute atomic E-state index is 12.6. The van der Waals surface area contributed by atoms with E-state index in [0.717, 1.165) is 91.8 Å². The molecule has 0 unspecified atom stereocenters. The van der Waals surface area contributed by atoms with Crippen LogP contribution in [0.2, 0.25) is 0 Å². The molecule has 5 aliphatic rings. The van der Waals surface area contributed by atoms with Gasteiger partial charge in [-0.2, -0.15) is 0 Å². The summed E-state index contributed by atoms with van der Waals surface area (Å²) < 4.78 is 10.7. The molecule has 0 radical (unpaired) electrons. The summed E-state index contributed by atoms with van der Waals surface area (Å²) in [4.78, 5) is 25.2. The number of carbonyl (C=O) groups is 2. The fourth-order valence-corrected chi connectivity index (χ4v) is 12.8. The van der Waals surface area contributed by atoms with Crippen molar-refractivity contribution < 1.29 is 24.2 Å². The zero-order valence-corrected chi connectivity index (χ0v) is 46.0. The summed E-state index contributed by atoms with van der Waals surface area (Å²) in [6.07, 6.45) is 48.3. The summed E-state index contributed by atoms with van der Waals surface area (Å²) in [5, 5.41) is 8.81. The van der Waals surface area contributed by atoms with Gasteiger partial charge in [-0.05, 0) is 189 Å². The summed E-state index contributed by atoms with van der Waals surface area (Å²) in [6.45, 7) is 25.9. The fourth-order valence-electron chi connectivity index (χ4n) is 12.8. The molecule has 0 spiro atoms. The van der Waals surface area contributed by atoms with Gasteiger partial charge < -0.3 is 14.6 Å². The highest BCUT2D eigenvalue weighted by Gasteiger charge is 2.41. The quantitative estimate of drug-likeness (QED) is 0.127. The summed E-state index contributed by atoms with van der Waals surface area (Å²) in [5.41, 5.74) is 11.9. The van der Waals surface area contributed by atoms with Crippen LogP contribution in [0.3, 0.4) is 0 Å². The van der Waals surface area contributed by atoms with Crippen LogP contribution in [0.1, 0.15) is 224 Å². The lowest BCUT2D eigenvalue weighted by atomic mass is 9.58. The molecule has 2 bridgehead atoms. The highest BCUT2D eigenvalue weighted by Crippen LogP contribution is 2.52. The lowest BCUT2D eigenvalue weighted by molar-refractivity contribution is -0.143. The van der Waals surface area contributed by atoms with Gasteiger partial charge in [0, 0.05) is 0 Å². The molecular formula is C64H100O5.